The summed E-state index contributed by atoms with van der Waals surface area (Å²) in [6.07, 6.45) is 0.226. The Labute approximate surface area is 178 Å². The van der Waals surface area contributed by atoms with Crippen LogP contribution in [0.2, 0.25) is 0 Å². The second-order valence-corrected chi connectivity index (χ2v) is 6.52. The lowest BCUT2D eigenvalue weighted by molar-refractivity contribution is 0.0977. The summed E-state index contributed by atoms with van der Waals surface area (Å²) in [7, 11) is 0. The molecular weight excluding hydrogens is 471 g/mol. The van der Waals surface area contributed by atoms with Gasteiger partial charge in [-0.15, -0.1) is 24.0 Å². The van der Waals surface area contributed by atoms with Crippen molar-refractivity contribution < 1.29 is 9.21 Å². The lowest BCUT2D eigenvalue weighted by Gasteiger charge is -2.07. The summed E-state index contributed by atoms with van der Waals surface area (Å²) in [5.74, 6) is 0.287. The van der Waals surface area contributed by atoms with E-state index in [4.69, 9.17) is 4.42 Å². The average Bonchev–Trinajstić information content (AvgIpc) is 3.27. The Morgan fingerprint density at radius 3 is 2.75 bits per heavy atom. The van der Waals surface area contributed by atoms with Crippen LogP contribution < -0.4 is 16.4 Å². The molecule has 28 heavy (non-hydrogen) atoms. The summed E-state index contributed by atoms with van der Waals surface area (Å²) >= 11 is 0. The third kappa shape index (κ3) is 4.27. The van der Waals surface area contributed by atoms with Gasteiger partial charge in [-0.25, -0.2) is 4.79 Å². The largest absolute Gasteiger partial charge is 0.419 e. The summed E-state index contributed by atoms with van der Waals surface area (Å²) in [4.78, 5) is 28.8. The van der Waals surface area contributed by atoms with Crippen LogP contribution in [-0.2, 0) is 6.54 Å². The highest BCUT2D eigenvalue weighted by Gasteiger charge is 2.12. The van der Waals surface area contributed by atoms with Gasteiger partial charge in [0.2, 0.25) is 0 Å². The minimum Gasteiger partial charge on any atom is -0.408 e. The van der Waals surface area contributed by atoms with Crippen molar-refractivity contribution in [1.82, 2.24) is 9.88 Å². The number of halogens is 1. The molecule has 146 valence electrons. The van der Waals surface area contributed by atoms with E-state index >= 15 is 0 Å². The highest BCUT2D eigenvalue weighted by Crippen LogP contribution is 2.16. The Kier molecular flexibility index (Phi) is 6.18. The third-order valence-electron chi connectivity index (χ3n) is 4.53. The number of nitrogens with zero attached hydrogens (tertiary/aromatic N) is 2. The molecule has 1 aliphatic heterocycles. The minimum absolute atomic E-state index is 0. The van der Waals surface area contributed by atoms with E-state index in [0.717, 1.165) is 30.3 Å². The molecule has 7 nitrogen and oxygen atoms in total. The molecule has 2 N–H and O–H groups in total. The van der Waals surface area contributed by atoms with Gasteiger partial charge >= 0.3 is 5.76 Å². The maximum absolute atomic E-state index is 12.5. The lowest BCUT2D eigenvalue weighted by atomic mass is 10.1. The molecule has 0 atom stereocenters. The van der Waals surface area contributed by atoms with E-state index in [1.165, 1.54) is 4.57 Å². The number of aliphatic imine (C=N–C) groups is 1. The van der Waals surface area contributed by atoms with Gasteiger partial charge in [0.15, 0.2) is 17.3 Å². The van der Waals surface area contributed by atoms with Crippen LogP contribution in [-0.4, -0.2) is 29.4 Å². The number of aryl methyl sites for hydroxylation is 2. The summed E-state index contributed by atoms with van der Waals surface area (Å²) < 4.78 is 6.77. The van der Waals surface area contributed by atoms with Gasteiger partial charge in [0.25, 0.3) is 0 Å². The van der Waals surface area contributed by atoms with Crippen molar-refractivity contribution in [2.45, 2.75) is 19.9 Å². The molecule has 8 heteroatoms. The number of guanidine groups is 1. The summed E-state index contributed by atoms with van der Waals surface area (Å²) in [6.45, 7) is 3.82. The van der Waals surface area contributed by atoms with E-state index in [1.807, 2.05) is 37.3 Å². The first-order valence-electron chi connectivity index (χ1n) is 8.89. The highest BCUT2D eigenvalue weighted by molar-refractivity contribution is 14.0. The van der Waals surface area contributed by atoms with Gasteiger partial charge in [0.1, 0.15) is 0 Å². The molecule has 0 amide bonds. The standard InChI is InChI=1S/C20H20N4O3.HI/c1-13-2-7-16-18(12-13)27-20(26)24(16)11-8-17(25)14-3-5-15(6-4-14)23-19-21-9-10-22-19;/h2-7,12H,8-11H2,1H3,(H2,21,22,23);1H. The number of ketones is 1. The molecule has 1 aliphatic rings. The van der Waals surface area contributed by atoms with Crippen LogP contribution in [0.4, 0.5) is 5.69 Å². The molecule has 2 heterocycles. The second kappa shape index (κ2) is 8.59. The van der Waals surface area contributed by atoms with E-state index in [0.29, 0.717) is 16.7 Å². The minimum atomic E-state index is -0.437. The molecule has 2 aromatic carbocycles. The zero-order chi connectivity index (χ0) is 18.8. The fourth-order valence-corrected chi connectivity index (χ4v) is 3.10. The molecule has 0 radical (unpaired) electrons. The number of rotatable bonds is 5. The molecule has 1 aromatic heterocycles. The van der Waals surface area contributed by atoms with Crippen LogP contribution in [0.3, 0.4) is 0 Å². The molecule has 4 rings (SSSR count). The smallest absolute Gasteiger partial charge is 0.408 e. The van der Waals surface area contributed by atoms with Gasteiger partial charge < -0.3 is 15.1 Å². The number of carbonyl (C=O) groups is 1. The average molecular weight is 492 g/mol. The summed E-state index contributed by atoms with van der Waals surface area (Å²) in [5, 5.41) is 6.30. The second-order valence-electron chi connectivity index (χ2n) is 6.52. The number of carbonyl (C=O) groups excluding carboxylic acids is 1. The molecule has 0 saturated carbocycles. The fraction of sp³-hybridized carbons (Fsp3) is 0.250. The third-order valence-corrected chi connectivity index (χ3v) is 4.53. The number of oxazole rings is 1. The van der Waals surface area contributed by atoms with Gasteiger partial charge in [-0.3, -0.25) is 14.4 Å². The van der Waals surface area contributed by atoms with Gasteiger partial charge in [0.05, 0.1) is 12.1 Å². The van der Waals surface area contributed by atoms with Crippen molar-refractivity contribution in [2.24, 2.45) is 4.99 Å². The van der Waals surface area contributed by atoms with E-state index in [2.05, 4.69) is 15.6 Å². The zero-order valence-electron chi connectivity index (χ0n) is 15.4. The molecule has 3 aromatic rings. The van der Waals surface area contributed by atoms with Crippen LogP contribution in [0.5, 0.6) is 0 Å². The quantitative estimate of drug-likeness (QED) is 0.422. The van der Waals surface area contributed by atoms with Crippen LogP contribution in [0.1, 0.15) is 22.3 Å². The van der Waals surface area contributed by atoms with Crippen LogP contribution in [0.15, 0.2) is 56.7 Å². The molecule has 0 spiro atoms. The molecule has 0 bridgehead atoms. The van der Waals surface area contributed by atoms with Gasteiger partial charge in [-0.1, -0.05) is 6.07 Å². The normalized spacial score (nSPS) is 13.0. The number of nitrogens with one attached hydrogen (secondary N) is 2. The Morgan fingerprint density at radius 1 is 1.25 bits per heavy atom. The lowest BCUT2D eigenvalue weighted by Crippen LogP contribution is -2.26. The Hall–Kier alpha value is -2.62. The van der Waals surface area contributed by atoms with E-state index in [9.17, 15) is 9.59 Å². The van der Waals surface area contributed by atoms with Gasteiger partial charge in [-0.05, 0) is 48.9 Å². The first kappa shape index (κ1) is 20.1. The van der Waals surface area contributed by atoms with E-state index < -0.39 is 5.76 Å². The van der Waals surface area contributed by atoms with Gasteiger partial charge in [0, 0.05) is 30.8 Å². The fourth-order valence-electron chi connectivity index (χ4n) is 3.10. The molecule has 0 fully saturated rings. The number of anilines is 1. The number of benzene rings is 2. The van der Waals surface area contributed by atoms with E-state index in [1.54, 1.807) is 12.1 Å². The topological polar surface area (TPSA) is 88.6 Å². The highest BCUT2D eigenvalue weighted by atomic mass is 127. The van der Waals surface area contributed by atoms with Crippen molar-refractivity contribution in [3.8, 4) is 0 Å². The van der Waals surface area contributed by atoms with Crippen LogP contribution in [0, 0.1) is 6.92 Å². The maximum atomic E-state index is 12.5. The van der Waals surface area contributed by atoms with E-state index in [-0.39, 0.29) is 42.7 Å². The summed E-state index contributed by atoms with van der Waals surface area (Å²) in [6, 6.07) is 12.8. The summed E-state index contributed by atoms with van der Waals surface area (Å²) in [5.41, 5.74) is 3.76. The van der Waals surface area contributed by atoms with Crippen LogP contribution >= 0.6 is 24.0 Å². The zero-order valence-corrected chi connectivity index (χ0v) is 17.7. The van der Waals surface area contributed by atoms with Crippen molar-refractivity contribution in [1.29, 1.82) is 0 Å². The SMILES string of the molecule is Cc1ccc2c(c1)oc(=O)n2CCC(=O)c1ccc(NC2=NCCN2)cc1.I. The Bertz CT molecular complexity index is 1080. The van der Waals surface area contributed by atoms with Crippen molar-refractivity contribution in [3.05, 3.63) is 64.1 Å². The van der Waals surface area contributed by atoms with Crippen LogP contribution in [0.25, 0.3) is 11.1 Å². The first-order chi connectivity index (χ1) is 13.1. The number of hydrogen-bond donors (Lipinski definition) is 2. The molecular formula is C20H21IN4O3. The molecule has 0 unspecified atom stereocenters. The number of hydrogen-bond acceptors (Lipinski definition) is 6. The monoisotopic (exact) mass is 492 g/mol. The van der Waals surface area contributed by atoms with Gasteiger partial charge in [-0.2, -0.15) is 0 Å². The molecule has 0 aliphatic carbocycles. The Morgan fingerprint density at radius 2 is 2.04 bits per heavy atom. The predicted molar refractivity (Wildman–Crippen MR) is 120 cm³/mol. The van der Waals surface area contributed by atoms with Crippen molar-refractivity contribution >= 4 is 52.5 Å². The maximum Gasteiger partial charge on any atom is 0.419 e. The molecule has 0 saturated heterocycles. The number of fused-ring (bicyclic) bond motifs is 1. The Balaban J connectivity index is 0.00000225. The van der Waals surface area contributed by atoms with Crippen molar-refractivity contribution in [2.75, 3.05) is 18.4 Å². The van der Waals surface area contributed by atoms with Crippen molar-refractivity contribution in [3.63, 3.8) is 0 Å². The number of Topliss-reactive ketones (excluding diaryl/α,β-unsaturated/α-hetero) is 1. The number of aromatic nitrogens is 1. The predicted octanol–water partition coefficient (Wildman–Crippen LogP) is 3.17. The first-order valence-corrected chi connectivity index (χ1v) is 8.89.